The van der Waals surface area contributed by atoms with Gasteiger partial charge in [0.15, 0.2) is 0 Å². The van der Waals surface area contributed by atoms with Crippen LogP contribution < -0.4 is 5.32 Å². The predicted octanol–water partition coefficient (Wildman–Crippen LogP) is 3.40. The van der Waals surface area contributed by atoms with Gasteiger partial charge in [0.25, 0.3) is 0 Å². The van der Waals surface area contributed by atoms with Gasteiger partial charge in [-0.3, -0.25) is 4.79 Å². The van der Waals surface area contributed by atoms with Crippen molar-refractivity contribution in [2.45, 2.75) is 25.3 Å². The molecular weight excluding hydrogens is 356 g/mol. The number of amides is 1. The Morgan fingerprint density at radius 3 is 2.74 bits per heavy atom. The summed E-state index contributed by atoms with van der Waals surface area (Å²) >= 11 is 3.45. The molecule has 1 aliphatic heterocycles. The van der Waals surface area contributed by atoms with Crippen molar-refractivity contribution < 1.29 is 4.79 Å². The van der Waals surface area contributed by atoms with Crippen molar-refractivity contribution >= 4 is 27.8 Å². The van der Waals surface area contributed by atoms with Crippen LogP contribution in [0.2, 0.25) is 0 Å². The molecule has 2 heterocycles. The highest BCUT2D eigenvalue weighted by Crippen LogP contribution is 2.32. The maximum atomic E-state index is 12.5. The second kappa shape index (κ2) is 7.55. The van der Waals surface area contributed by atoms with Crippen LogP contribution in [-0.2, 0) is 4.79 Å². The summed E-state index contributed by atoms with van der Waals surface area (Å²) in [5.41, 5.74) is 1.21. The maximum absolute atomic E-state index is 12.5. The first-order valence-electron chi connectivity index (χ1n) is 7.80. The summed E-state index contributed by atoms with van der Waals surface area (Å²) in [5, 5.41) is 3.09. The quantitative estimate of drug-likeness (QED) is 0.870. The second-order valence-corrected chi connectivity index (χ2v) is 6.46. The summed E-state index contributed by atoms with van der Waals surface area (Å²) in [7, 11) is 0. The number of aromatic nitrogens is 2. The van der Waals surface area contributed by atoms with E-state index < -0.39 is 0 Å². The molecule has 5 nitrogen and oxygen atoms in total. The van der Waals surface area contributed by atoms with Gasteiger partial charge in [0, 0.05) is 36.4 Å². The van der Waals surface area contributed by atoms with Crippen LogP contribution in [0.4, 0.5) is 5.95 Å². The molecule has 1 aliphatic rings. The number of carbonyl (C=O) groups excluding carboxylic acids is 1. The van der Waals surface area contributed by atoms with E-state index in [1.54, 1.807) is 18.5 Å². The number of benzene rings is 1. The molecule has 2 aromatic rings. The van der Waals surface area contributed by atoms with Gasteiger partial charge in [-0.05, 0) is 36.6 Å². The zero-order valence-electron chi connectivity index (χ0n) is 12.8. The molecule has 1 fully saturated rings. The summed E-state index contributed by atoms with van der Waals surface area (Å²) in [6, 6.07) is 10.2. The zero-order valence-corrected chi connectivity index (χ0v) is 14.4. The minimum atomic E-state index is 0.179. The fourth-order valence-electron chi connectivity index (χ4n) is 2.91. The summed E-state index contributed by atoms with van der Waals surface area (Å²) in [4.78, 5) is 22.7. The number of nitrogens with zero attached hydrogens (tertiary/aromatic N) is 3. The molecule has 1 amide bonds. The van der Waals surface area contributed by atoms with Gasteiger partial charge < -0.3 is 10.2 Å². The van der Waals surface area contributed by atoms with E-state index in [9.17, 15) is 4.79 Å². The molecule has 6 heteroatoms. The van der Waals surface area contributed by atoms with Crippen molar-refractivity contribution in [2.75, 3.05) is 18.4 Å². The Kier molecular flexibility index (Phi) is 5.23. The lowest BCUT2D eigenvalue weighted by atomic mass is 10.0. The van der Waals surface area contributed by atoms with E-state index in [-0.39, 0.29) is 11.9 Å². The molecule has 0 radical (unpaired) electrons. The van der Waals surface area contributed by atoms with Crippen LogP contribution in [0.1, 0.15) is 30.9 Å². The third-order valence-corrected chi connectivity index (χ3v) is 4.54. The van der Waals surface area contributed by atoms with Gasteiger partial charge in [0.2, 0.25) is 11.9 Å². The fourth-order valence-corrected chi connectivity index (χ4v) is 3.18. The topological polar surface area (TPSA) is 58.1 Å². The van der Waals surface area contributed by atoms with E-state index in [2.05, 4.69) is 43.3 Å². The lowest BCUT2D eigenvalue weighted by molar-refractivity contribution is -0.131. The van der Waals surface area contributed by atoms with Crippen LogP contribution in [0.5, 0.6) is 0 Å². The molecule has 1 atom stereocenters. The molecule has 120 valence electrons. The monoisotopic (exact) mass is 374 g/mol. The number of nitrogens with one attached hydrogen (secondary N) is 1. The Hall–Kier alpha value is -1.95. The van der Waals surface area contributed by atoms with Crippen LogP contribution in [0.15, 0.2) is 47.2 Å². The standard InChI is InChI=1S/C17H19BrN4O/c18-14-6-4-13(5-7-14)15-3-1-12-22(15)16(23)8-11-21-17-19-9-2-10-20-17/h2,4-7,9-10,15H,1,3,8,11-12H2,(H,19,20,21). The maximum Gasteiger partial charge on any atom is 0.224 e. The van der Waals surface area contributed by atoms with Gasteiger partial charge in [-0.15, -0.1) is 0 Å². The highest BCUT2D eigenvalue weighted by Gasteiger charge is 2.29. The van der Waals surface area contributed by atoms with E-state index in [1.165, 1.54) is 5.56 Å². The zero-order chi connectivity index (χ0) is 16.1. The van der Waals surface area contributed by atoms with Crippen molar-refractivity contribution in [3.8, 4) is 0 Å². The molecule has 1 saturated heterocycles. The number of likely N-dealkylation sites (tertiary alicyclic amines) is 1. The van der Waals surface area contributed by atoms with Gasteiger partial charge in [-0.1, -0.05) is 28.1 Å². The van der Waals surface area contributed by atoms with Gasteiger partial charge in [0.05, 0.1) is 6.04 Å². The van der Waals surface area contributed by atoms with E-state index in [1.807, 2.05) is 17.0 Å². The first kappa shape index (κ1) is 15.9. The normalized spacial score (nSPS) is 17.3. The molecule has 1 N–H and O–H groups in total. The smallest absolute Gasteiger partial charge is 0.224 e. The van der Waals surface area contributed by atoms with Crippen LogP contribution in [-0.4, -0.2) is 33.9 Å². The lowest BCUT2D eigenvalue weighted by Crippen LogP contribution is -2.31. The third-order valence-electron chi connectivity index (χ3n) is 4.02. The molecular formula is C17H19BrN4O. The number of hydrogen-bond donors (Lipinski definition) is 1. The molecule has 3 rings (SSSR count). The van der Waals surface area contributed by atoms with E-state index in [4.69, 9.17) is 0 Å². The molecule has 23 heavy (non-hydrogen) atoms. The summed E-state index contributed by atoms with van der Waals surface area (Å²) < 4.78 is 1.06. The van der Waals surface area contributed by atoms with Gasteiger partial charge in [-0.25, -0.2) is 9.97 Å². The number of rotatable bonds is 5. The third kappa shape index (κ3) is 4.07. The Morgan fingerprint density at radius 2 is 2.00 bits per heavy atom. The Labute approximate surface area is 144 Å². The average Bonchev–Trinajstić information content (AvgIpc) is 3.06. The Balaban J connectivity index is 1.56. The van der Waals surface area contributed by atoms with Gasteiger partial charge in [0.1, 0.15) is 0 Å². The average molecular weight is 375 g/mol. The fraction of sp³-hybridized carbons (Fsp3) is 0.353. The van der Waals surface area contributed by atoms with Crippen molar-refractivity contribution in [2.24, 2.45) is 0 Å². The molecule has 1 unspecified atom stereocenters. The molecule has 0 bridgehead atoms. The van der Waals surface area contributed by atoms with Gasteiger partial charge >= 0.3 is 0 Å². The summed E-state index contributed by atoms with van der Waals surface area (Å²) in [6.45, 7) is 1.38. The van der Waals surface area contributed by atoms with E-state index in [0.717, 1.165) is 23.9 Å². The van der Waals surface area contributed by atoms with Crippen molar-refractivity contribution in [3.63, 3.8) is 0 Å². The van der Waals surface area contributed by atoms with Crippen LogP contribution >= 0.6 is 15.9 Å². The first-order valence-corrected chi connectivity index (χ1v) is 8.59. The molecule has 0 saturated carbocycles. The molecule has 0 spiro atoms. The minimum absolute atomic E-state index is 0.179. The molecule has 1 aromatic heterocycles. The van der Waals surface area contributed by atoms with Crippen LogP contribution in [0.3, 0.4) is 0 Å². The summed E-state index contributed by atoms with van der Waals surface area (Å²) in [5.74, 6) is 0.741. The predicted molar refractivity (Wildman–Crippen MR) is 93.0 cm³/mol. The SMILES string of the molecule is O=C(CCNc1ncccn1)N1CCCC1c1ccc(Br)cc1. The first-order chi connectivity index (χ1) is 11.2. The Morgan fingerprint density at radius 1 is 1.26 bits per heavy atom. The van der Waals surface area contributed by atoms with Gasteiger partial charge in [-0.2, -0.15) is 0 Å². The number of halogens is 1. The number of carbonyl (C=O) groups is 1. The largest absolute Gasteiger partial charge is 0.354 e. The number of anilines is 1. The van der Waals surface area contributed by atoms with Crippen LogP contribution in [0, 0.1) is 0 Å². The molecule has 0 aliphatic carbocycles. The lowest BCUT2D eigenvalue weighted by Gasteiger charge is -2.25. The molecule has 1 aromatic carbocycles. The highest BCUT2D eigenvalue weighted by atomic mass is 79.9. The number of hydrogen-bond acceptors (Lipinski definition) is 4. The van der Waals surface area contributed by atoms with E-state index in [0.29, 0.717) is 18.9 Å². The van der Waals surface area contributed by atoms with Crippen LogP contribution in [0.25, 0.3) is 0 Å². The highest BCUT2D eigenvalue weighted by molar-refractivity contribution is 9.10. The summed E-state index contributed by atoms with van der Waals surface area (Å²) in [6.07, 6.45) is 5.90. The minimum Gasteiger partial charge on any atom is -0.354 e. The van der Waals surface area contributed by atoms with Crippen molar-refractivity contribution in [3.05, 3.63) is 52.8 Å². The van der Waals surface area contributed by atoms with E-state index >= 15 is 0 Å². The van der Waals surface area contributed by atoms with Crippen molar-refractivity contribution in [1.82, 2.24) is 14.9 Å². The van der Waals surface area contributed by atoms with Crippen molar-refractivity contribution in [1.29, 1.82) is 0 Å². The Bertz CT molecular complexity index is 647. The second-order valence-electron chi connectivity index (χ2n) is 5.55.